The van der Waals surface area contributed by atoms with Crippen LogP contribution in [-0.2, 0) is 13.0 Å². The molecule has 7 heteroatoms. The highest BCUT2D eigenvalue weighted by Crippen LogP contribution is 2.33. The second-order valence-corrected chi connectivity index (χ2v) is 7.31. The third-order valence-corrected chi connectivity index (χ3v) is 5.29. The summed E-state index contributed by atoms with van der Waals surface area (Å²) >= 11 is 0. The lowest BCUT2D eigenvalue weighted by atomic mass is 9.99. The van der Waals surface area contributed by atoms with Crippen molar-refractivity contribution in [3.63, 3.8) is 0 Å². The summed E-state index contributed by atoms with van der Waals surface area (Å²) in [7, 11) is 1.60. The molecule has 0 bridgehead atoms. The molecule has 166 valence electrons. The third kappa shape index (κ3) is 5.10. The van der Waals surface area contributed by atoms with Crippen molar-refractivity contribution in [3.05, 3.63) is 94.1 Å². The second kappa shape index (κ2) is 10.3. The quantitative estimate of drug-likeness (QED) is 0.316. The summed E-state index contributed by atoms with van der Waals surface area (Å²) in [5.74, 6) is 0.557. The van der Waals surface area contributed by atoms with Gasteiger partial charge in [-0.25, -0.2) is 9.18 Å². The number of ether oxygens (including phenoxy) is 1. The average molecular weight is 456 g/mol. The summed E-state index contributed by atoms with van der Waals surface area (Å²) in [6.07, 6.45) is 0.757. The monoisotopic (exact) mass is 455 g/mol. The molecule has 0 spiro atoms. The maximum atomic E-state index is 13.0. The molecule has 0 aliphatic carbocycles. The maximum Gasteiger partial charge on any atom is 0.336 e. The number of halogens is 2. The van der Waals surface area contributed by atoms with Gasteiger partial charge in [0.05, 0.1) is 19.2 Å². The first kappa shape index (κ1) is 23.3. The topological polar surface area (TPSA) is 76.3 Å². The van der Waals surface area contributed by atoms with Crippen molar-refractivity contribution in [2.75, 3.05) is 13.7 Å². The zero-order valence-corrected chi connectivity index (χ0v) is 18.2. The normalized spacial score (nSPS) is 10.7. The van der Waals surface area contributed by atoms with E-state index in [0.29, 0.717) is 17.7 Å². The number of benzene rings is 3. The van der Waals surface area contributed by atoms with E-state index >= 15 is 0 Å². The molecule has 0 unspecified atom stereocenters. The number of hydrogen-bond acceptors (Lipinski definition) is 4. The van der Waals surface area contributed by atoms with Crippen molar-refractivity contribution in [2.45, 2.75) is 13.0 Å². The molecule has 3 aromatic carbocycles. The Morgan fingerprint density at radius 1 is 1.03 bits per heavy atom. The van der Waals surface area contributed by atoms with Crippen molar-refractivity contribution in [2.24, 2.45) is 0 Å². The zero-order valence-electron chi connectivity index (χ0n) is 17.5. The summed E-state index contributed by atoms with van der Waals surface area (Å²) in [6, 6.07) is 18.7. The van der Waals surface area contributed by atoms with Gasteiger partial charge in [-0.15, -0.1) is 0 Å². The zero-order chi connectivity index (χ0) is 21.8. The van der Waals surface area contributed by atoms with Crippen LogP contribution in [0.15, 0.2) is 75.9 Å². The lowest BCUT2D eigenvalue weighted by Crippen LogP contribution is -3.00. The van der Waals surface area contributed by atoms with Crippen LogP contribution in [0.2, 0.25) is 0 Å². The van der Waals surface area contributed by atoms with Crippen LogP contribution >= 0.6 is 0 Å². The molecule has 0 aliphatic heterocycles. The van der Waals surface area contributed by atoms with E-state index in [4.69, 9.17) is 9.15 Å². The lowest BCUT2D eigenvalue weighted by Gasteiger charge is -2.11. The highest BCUT2D eigenvalue weighted by molar-refractivity contribution is 5.95. The van der Waals surface area contributed by atoms with Crippen LogP contribution in [-0.4, -0.2) is 18.8 Å². The van der Waals surface area contributed by atoms with E-state index < -0.39 is 5.63 Å². The van der Waals surface area contributed by atoms with E-state index in [1.54, 1.807) is 31.4 Å². The summed E-state index contributed by atoms with van der Waals surface area (Å²) in [4.78, 5) is 12.3. The molecule has 0 aliphatic rings. The minimum atomic E-state index is -0.475. The van der Waals surface area contributed by atoms with E-state index in [9.17, 15) is 14.3 Å². The molecule has 1 heterocycles. The Morgan fingerprint density at radius 3 is 2.44 bits per heavy atom. The molecule has 0 amide bonds. The van der Waals surface area contributed by atoms with Crippen molar-refractivity contribution in [1.82, 2.24) is 0 Å². The molecule has 0 saturated carbocycles. The fourth-order valence-electron chi connectivity index (χ4n) is 3.64. The first-order chi connectivity index (χ1) is 15.0. The van der Waals surface area contributed by atoms with Gasteiger partial charge in [0.2, 0.25) is 0 Å². The van der Waals surface area contributed by atoms with Crippen LogP contribution in [0, 0.1) is 5.82 Å². The Hall–Kier alpha value is -3.35. The SMILES string of the molecule is COc1ccc(-c2cc(=O)oc3c(C[NH2+]CCc4ccc(F)cc4)c(O)ccc23)cc1.[Cl-]. The molecule has 4 rings (SSSR count). The minimum absolute atomic E-state index is 0. The number of aromatic hydroxyl groups is 1. The molecular weight excluding hydrogens is 433 g/mol. The van der Waals surface area contributed by atoms with Crippen LogP contribution in [0.1, 0.15) is 11.1 Å². The van der Waals surface area contributed by atoms with Gasteiger partial charge in [-0.1, -0.05) is 24.3 Å². The number of quaternary nitrogens is 1. The van der Waals surface area contributed by atoms with Crippen LogP contribution in [0.4, 0.5) is 4.39 Å². The highest BCUT2D eigenvalue weighted by Gasteiger charge is 2.16. The first-order valence-corrected chi connectivity index (χ1v) is 10.0. The van der Waals surface area contributed by atoms with Gasteiger partial charge in [0, 0.05) is 17.9 Å². The lowest BCUT2D eigenvalue weighted by molar-refractivity contribution is -0.670. The molecule has 4 aromatic rings. The summed E-state index contributed by atoms with van der Waals surface area (Å²) in [5.41, 5.74) is 3.11. The molecule has 3 N–H and O–H groups in total. The maximum absolute atomic E-state index is 13.0. The van der Waals surface area contributed by atoms with Crippen molar-refractivity contribution < 1.29 is 36.4 Å². The van der Waals surface area contributed by atoms with Crippen LogP contribution in [0.5, 0.6) is 11.5 Å². The second-order valence-electron chi connectivity index (χ2n) is 7.31. The largest absolute Gasteiger partial charge is 1.00 e. The smallest absolute Gasteiger partial charge is 0.336 e. The van der Waals surface area contributed by atoms with Gasteiger partial charge in [0.15, 0.2) is 5.58 Å². The predicted molar refractivity (Wildman–Crippen MR) is 117 cm³/mol. The van der Waals surface area contributed by atoms with Crippen LogP contribution in [0.3, 0.4) is 0 Å². The average Bonchev–Trinajstić information content (AvgIpc) is 2.78. The van der Waals surface area contributed by atoms with E-state index in [-0.39, 0.29) is 24.0 Å². The van der Waals surface area contributed by atoms with E-state index in [1.165, 1.54) is 18.2 Å². The number of phenols is 1. The van der Waals surface area contributed by atoms with Crippen molar-refractivity contribution in [1.29, 1.82) is 0 Å². The number of nitrogens with two attached hydrogens (primary N) is 1. The van der Waals surface area contributed by atoms with Gasteiger partial charge >= 0.3 is 5.63 Å². The Kier molecular flexibility index (Phi) is 7.51. The van der Waals surface area contributed by atoms with Gasteiger partial charge in [-0.05, 0) is 53.1 Å². The molecule has 0 radical (unpaired) electrons. The van der Waals surface area contributed by atoms with Crippen molar-refractivity contribution in [3.8, 4) is 22.6 Å². The van der Waals surface area contributed by atoms with Gasteiger partial charge < -0.3 is 32.0 Å². The molecule has 0 fully saturated rings. The number of hydrogen-bond donors (Lipinski definition) is 2. The predicted octanol–water partition coefficient (Wildman–Crippen LogP) is 0.623. The molecule has 0 saturated heterocycles. The Morgan fingerprint density at radius 2 is 1.75 bits per heavy atom. The first-order valence-electron chi connectivity index (χ1n) is 10.0. The highest BCUT2D eigenvalue weighted by atomic mass is 35.5. The van der Waals surface area contributed by atoms with Gasteiger partial charge in [-0.3, -0.25) is 0 Å². The molecular formula is C25H23ClFNO4. The van der Waals surface area contributed by atoms with E-state index in [2.05, 4.69) is 0 Å². The van der Waals surface area contributed by atoms with Crippen LogP contribution < -0.4 is 28.1 Å². The van der Waals surface area contributed by atoms with E-state index in [1.807, 2.05) is 29.6 Å². The molecule has 32 heavy (non-hydrogen) atoms. The van der Waals surface area contributed by atoms with Crippen LogP contribution in [0.25, 0.3) is 22.1 Å². The number of phenolic OH excluding ortho intramolecular Hbond substituents is 1. The van der Waals surface area contributed by atoms with E-state index in [0.717, 1.165) is 40.8 Å². The van der Waals surface area contributed by atoms with Gasteiger partial charge in [0.25, 0.3) is 0 Å². The van der Waals surface area contributed by atoms with Gasteiger partial charge in [-0.2, -0.15) is 0 Å². The molecule has 0 atom stereocenters. The standard InChI is InChI=1S/C25H22FNO4.ClH/c1-30-19-8-4-17(5-9-19)21-14-24(29)31-25-20(21)10-11-23(28)22(25)15-27-13-12-16-2-6-18(26)7-3-16;/h2-11,14,27-28H,12-13,15H2,1H3;1H. The number of rotatable bonds is 7. The fraction of sp³-hybridized carbons (Fsp3) is 0.160. The summed E-state index contributed by atoms with van der Waals surface area (Å²) in [5, 5.41) is 13.2. The minimum Gasteiger partial charge on any atom is -1.00 e. The fourth-order valence-corrected chi connectivity index (χ4v) is 3.64. The Bertz CT molecular complexity index is 1250. The van der Waals surface area contributed by atoms with Crippen molar-refractivity contribution >= 4 is 11.0 Å². The van der Waals surface area contributed by atoms with Gasteiger partial charge in [0.1, 0.15) is 23.9 Å². The summed E-state index contributed by atoms with van der Waals surface area (Å²) < 4.78 is 23.8. The molecule has 5 nitrogen and oxygen atoms in total. The Labute approximate surface area is 190 Å². The molecule has 1 aromatic heterocycles. The number of fused-ring (bicyclic) bond motifs is 1. The Balaban J connectivity index is 0.00000289. The third-order valence-electron chi connectivity index (χ3n) is 5.29. The number of methoxy groups -OCH3 is 1. The summed E-state index contributed by atoms with van der Waals surface area (Å²) in [6.45, 7) is 1.18.